The molecule has 0 bridgehead atoms. The van der Waals surface area contributed by atoms with E-state index in [-0.39, 0.29) is 17.2 Å². The number of hydrogen-bond donors (Lipinski definition) is 4. The molecular formula is C17H20FN5O3. The molecule has 1 aromatic carbocycles. The highest BCUT2D eigenvalue weighted by Gasteiger charge is 2.20. The molecule has 8 nitrogen and oxygen atoms in total. The molecule has 1 aromatic heterocycles. The standard InChI is InChI=1S/C17H20FN5O3/c1-3-13(15(20)25)22-17-12(18)8-11(14(19)24)16(23-17)21-9-5-4-6-10(7-9)26-2/h4-8,13H,3H2,1-2H3,(H2,19,24)(H2,20,25)(H2,21,22,23). The topological polar surface area (TPSA) is 132 Å². The van der Waals surface area contributed by atoms with Gasteiger partial charge >= 0.3 is 0 Å². The van der Waals surface area contributed by atoms with Crippen LogP contribution in [0.2, 0.25) is 0 Å². The van der Waals surface area contributed by atoms with Crippen LogP contribution in [0.4, 0.5) is 21.7 Å². The van der Waals surface area contributed by atoms with E-state index in [9.17, 15) is 14.0 Å². The minimum Gasteiger partial charge on any atom is -0.497 e. The minimum atomic E-state index is -0.852. The third-order valence-corrected chi connectivity index (χ3v) is 3.64. The average molecular weight is 361 g/mol. The number of ether oxygens (including phenoxy) is 1. The Labute approximate surface area is 149 Å². The van der Waals surface area contributed by atoms with Crippen molar-refractivity contribution in [3.05, 3.63) is 41.7 Å². The zero-order valence-electron chi connectivity index (χ0n) is 14.4. The van der Waals surface area contributed by atoms with Gasteiger partial charge in [0.15, 0.2) is 11.6 Å². The number of halogens is 1. The monoisotopic (exact) mass is 361 g/mol. The fourth-order valence-corrected chi connectivity index (χ4v) is 2.25. The fourth-order valence-electron chi connectivity index (χ4n) is 2.25. The number of nitrogens with one attached hydrogen (secondary N) is 2. The molecule has 9 heteroatoms. The Balaban J connectivity index is 2.43. The van der Waals surface area contributed by atoms with Crippen LogP contribution in [0.1, 0.15) is 23.7 Å². The highest BCUT2D eigenvalue weighted by Crippen LogP contribution is 2.26. The van der Waals surface area contributed by atoms with Gasteiger partial charge < -0.3 is 26.8 Å². The van der Waals surface area contributed by atoms with Crippen LogP contribution in [0.3, 0.4) is 0 Å². The number of methoxy groups -OCH3 is 1. The van der Waals surface area contributed by atoms with Crippen molar-refractivity contribution in [2.75, 3.05) is 17.7 Å². The highest BCUT2D eigenvalue weighted by atomic mass is 19.1. The van der Waals surface area contributed by atoms with Gasteiger partial charge in [0, 0.05) is 11.8 Å². The van der Waals surface area contributed by atoms with Gasteiger partial charge in [-0.1, -0.05) is 13.0 Å². The van der Waals surface area contributed by atoms with E-state index in [0.29, 0.717) is 17.9 Å². The van der Waals surface area contributed by atoms with Crippen molar-refractivity contribution in [1.82, 2.24) is 4.98 Å². The number of anilines is 3. The smallest absolute Gasteiger partial charge is 0.252 e. The molecule has 0 aliphatic carbocycles. The first kappa shape index (κ1) is 19.0. The van der Waals surface area contributed by atoms with E-state index >= 15 is 0 Å². The van der Waals surface area contributed by atoms with Crippen molar-refractivity contribution in [3.8, 4) is 5.75 Å². The molecule has 1 unspecified atom stereocenters. The molecule has 1 atom stereocenters. The van der Waals surface area contributed by atoms with Crippen molar-refractivity contribution in [2.45, 2.75) is 19.4 Å². The summed E-state index contributed by atoms with van der Waals surface area (Å²) in [5.41, 5.74) is 11.0. The fraction of sp³-hybridized carbons (Fsp3) is 0.235. The highest BCUT2D eigenvalue weighted by molar-refractivity contribution is 5.98. The number of nitrogens with two attached hydrogens (primary N) is 2. The summed E-state index contributed by atoms with van der Waals surface area (Å²) in [6.45, 7) is 1.72. The van der Waals surface area contributed by atoms with Crippen molar-refractivity contribution < 1.29 is 18.7 Å². The molecule has 2 rings (SSSR count). The summed E-state index contributed by atoms with van der Waals surface area (Å²) in [7, 11) is 1.51. The van der Waals surface area contributed by atoms with Crippen LogP contribution in [0.5, 0.6) is 5.75 Å². The summed E-state index contributed by atoms with van der Waals surface area (Å²) in [6.07, 6.45) is 0.340. The van der Waals surface area contributed by atoms with Gasteiger partial charge in [-0.3, -0.25) is 9.59 Å². The summed E-state index contributed by atoms with van der Waals surface area (Å²) in [5, 5.41) is 5.54. The number of carbonyl (C=O) groups excluding carboxylic acids is 2. The van der Waals surface area contributed by atoms with Crippen LogP contribution in [0, 0.1) is 5.82 Å². The van der Waals surface area contributed by atoms with E-state index in [1.165, 1.54) is 7.11 Å². The van der Waals surface area contributed by atoms with E-state index in [4.69, 9.17) is 16.2 Å². The molecule has 0 radical (unpaired) electrons. The molecular weight excluding hydrogens is 341 g/mol. The summed E-state index contributed by atoms with van der Waals surface area (Å²) >= 11 is 0. The molecule has 1 heterocycles. The van der Waals surface area contributed by atoms with Crippen molar-refractivity contribution >= 4 is 29.1 Å². The zero-order chi connectivity index (χ0) is 19.3. The summed E-state index contributed by atoms with van der Waals surface area (Å²) in [5.74, 6) is -1.92. The maximum atomic E-state index is 14.3. The predicted molar refractivity (Wildman–Crippen MR) is 95.9 cm³/mol. The third-order valence-electron chi connectivity index (χ3n) is 3.64. The van der Waals surface area contributed by atoms with Gasteiger partial charge in [-0.25, -0.2) is 9.37 Å². The van der Waals surface area contributed by atoms with Gasteiger partial charge in [0.1, 0.15) is 17.6 Å². The number of nitrogens with zero attached hydrogens (tertiary/aromatic N) is 1. The van der Waals surface area contributed by atoms with Gasteiger partial charge in [-0.15, -0.1) is 0 Å². The van der Waals surface area contributed by atoms with Crippen LogP contribution in [-0.2, 0) is 4.79 Å². The molecule has 2 amide bonds. The van der Waals surface area contributed by atoms with Gasteiger partial charge in [-0.2, -0.15) is 0 Å². The number of aromatic nitrogens is 1. The molecule has 0 saturated heterocycles. The number of benzene rings is 1. The maximum absolute atomic E-state index is 14.3. The quantitative estimate of drug-likeness (QED) is 0.566. The Morgan fingerprint density at radius 2 is 2.00 bits per heavy atom. The lowest BCUT2D eigenvalue weighted by Gasteiger charge is -2.17. The Hall–Kier alpha value is -3.36. The summed E-state index contributed by atoms with van der Waals surface area (Å²) in [6, 6.07) is 7.00. The second-order valence-electron chi connectivity index (χ2n) is 5.44. The minimum absolute atomic E-state index is 0.0361. The third kappa shape index (κ3) is 4.38. The van der Waals surface area contributed by atoms with Gasteiger partial charge in [0.2, 0.25) is 5.91 Å². The van der Waals surface area contributed by atoms with E-state index in [1.54, 1.807) is 31.2 Å². The SMILES string of the molecule is CCC(Nc1nc(Nc2cccc(OC)c2)c(C(N)=O)cc1F)C(N)=O. The Morgan fingerprint density at radius 3 is 2.58 bits per heavy atom. The number of rotatable bonds is 8. The number of pyridine rings is 1. The van der Waals surface area contributed by atoms with E-state index < -0.39 is 23.7 Å². The molecule has 0 spiro atoms. The maximum Gasteiger partial charge on any atom is 0.252 e. The van der Waals surface area contributed by atoms with Crippen molar-refractivity contribution in [2.24, 2.45) is 11.5 Å². The van der Waals surface area contributed by atoms with Crippen LogP contribution < -0.4 is 26.8 Å². The van der Waals surface area contributed by atoms with E-state index in [1.807, 2.05) is 0 Å². The number of primary amides is 2. The summed E-state index contributed by atoms with van der Waals surface area (Å²) in [4.78, 5) is 27.1. The Morgan fingerprint density at radius 1 is 1.27 bits per heavy atom. The van der Waals surface area contributed by atoms with Crippen molar-refractivity contribution in [3.63, 3.8) is 0 Å². The van der Waals surface area contributed by atoms with Crippen LogP contribution >= 0.6 is 0 Å². The van der Waals surface area contributed by atoms with Crippen LogP contribution in [0.25, 0.3) is 0 Å². The normalized spacial score (nSPS) is 11.5. The largest absolute Gasteiger partial charge is 0.497 e. The van der Waals surface area contributed by atoms with Crippen LogP contribution in [-0.4, -0.2) is 29.9 Å². The van der Waals surface area contributed by atoms with Gasteiger partial charge in [-0.05, 0) is 24.6 Å². The second kappa shape index (κ2) is 8.15. The molecule has 0 aliphatic heterocycles. The lowest BCUT2D eigenvalue weighted by atomic mass is 10.2. The first-order valence-electron chi connectivity index (χ1n) is 7.83. The molecule has 26 heavy (non-hydrogen) atoms. The van der Waals surface area contributed by atoms with E-state index in [0.717, 1.165) is 6.07 Å². The number of amides is 2. The average Bonchev–Trinajstić information content (AvgIpc) is 2.61. The first-order valence-corrected chi connectivity index (χ1v) is 7.83. The zero-order valence-corrected chi connectivity index (χ0v) is 14.4. The molecule has 2 aromatic rings. The van der Waals surface area contributed by atoms with Gasteiger partial charge in [0.25, 0.3) is 5.91 Å². The molecule has 0 saturated carbocycles. The lowest BCUT2D eigenvalue weighted by molar-refractivity contribution is -0.118. The molecule has 0 aliphatic rings. The molecule has 138 valence electrons. The van der Waals surface area contributed by atoms with Crippen LogP contribution in [0.15, 0.2) is 30.3 Å². The lowest BCUT2D eigenvalue weighted by Crippen LogP contribution is -2.35. The number of hydrogen-bond acceptors (Lipinski definition) is 6. The second-order valence-corrected chi connectivity index (χ2v) is 5.44. The van der Waals surface area contributed by atoms with E-state index in [2.05, 4.69) is 15.6 Å². The number of carbonyl (C=O) groups is 2. The Kier molecular flexibility index (Phi) is 5.94. The molecule has 6 N–H and O–H groups in total. The van der Waals surface area contributed by atoms with Crippen molar-refractivity contribution in [1.29, 1.82) is 0 Å². The predicted octanol–water partition coefficient (Wildman–Crippen LogP) is 1.75. The van der Waals surface area contributed by atoms with Gasteiger partial charge in [0.05, 0.1) is 12.7 Å². The molecule has 0 fully saturated rings. The first-order chi connectivity index (χ1) is 12.3. The Bertz CT molecular complexity index is 828. The summed E-state index contributed by atoms with van der Waals surface area (Å²) < 4.78 is 19.4.